The van der Waals surface area contributed by atoms with E-state index in [1.165, 1.54) is 0 Å². The van der Waals surface area contributed by atoms with Crippen molar-refractivity contribution in [2.45, 2.75) is 19.6 Å². The van der Waals surface area contributed by atoms with Crippen LogP contribution in [0.4, 0.5) is 0 Å². The highest BCUT2D eigenvalue weighted by molar-refractivity contribution is 6.31. The Morgan fingerprint density at radius 2 is 1.89 bits per heavy atom. The van der Waals surface area contributed by atoms with Crippen molar-refractivity contribution in [2.24, 2.45) is 0 Å². The van der Waals surface area contributed by atoms with Crippen LogP contribution in [0.1, 0.15) is 24.2 Å². The van der Waals surface area contributed by atoms with Gasteiger partial charge in [-0.1, -0.05) is 41.4 Å². The van der Waals surface area contributed by atoms with Crippen LogP contribution in [0.2, 0.25) is 10.0 Å². The van der Waals surface area contributed by atoms with E-state index in [4.69, 9.17) is 27.9 Å². The van der Waals surface area contributed by atoms with Crippen molar-refractivity contribution in [3.05, 3.63) is 63.6 Å². The van der Waals surface area contributed by atoms with Crippen molar-refractivity contribution in [1.82, 2.24) is 0 Å². The number of ether oxygens (including phenoxy) is 1. The van der Waals surface area contributed by atoms with Gasteiger partial charge in [-0.25, -0.2) is 0 Å². The first-order valence-corrected chi connectivity index (χ1v) is 6.67. The van der Waals surface area contributed by atoms with Gasteiger partial charge in [-0.2, -0.15) is 0 Å². The summed E-state index contributed by atoms with van der Waals surface area (Å²) in [7, 11) is 0. The van der Waals surface area contributed by atoms with Crippen LogP contribution < -0.4 is 4.74 Å². The van der Waals surface area contributed by atoms with Crippen molar-refractivity contribution in [3.63, 3.8) is 0 Å². The number of halogens is 2. The molecule has 1 N–H and O–H groups in total. The van der Waals surface area contributed by atoms with E-state index in [0.717, 1.165) is 5.56 Å². The minimum atomic E-state index is -0.639. The van der Waals surface area contributed by atoms with Crippen LogP contribution in [0.3, 0.4) is 0 Å². The Morgan fingerprint density at radius 1 is 1.16 bits per heavy atom. The first-order valence-electron chi connectivity index (χ1n) is 5.91. The lowest BCUT2D eigenvalue weighted by Gasteiger charge is -2.14. The first-order chi connectivity index (χ1) is 9.08. The third-order valence-electron chi connectivity index (χ3n) is 2.76. The third-order valence-corrected chi connectivity index (χ3v) is 3.37. The maximum absolute atomic E-state index is 9.72. The Bertz CT molecular complexity index is 568. The normalized spacial score (nSPS) is 12.2. The van der Waals surface area contributed by atoms with Crippen molar-refractivity contribution < 1.29 is 9.84 Å². The molecule has 0 bridgehead atoms. The number of aliphatic hydroxyl groups is 1. The third kappa shape index (κ3) is 3.63. The molecular formula is C15H14Cl2O2. The van der Waals surface area contributed by atoms with E-state index in [-0.39, 0.29) is 0 Å². The van der Waals surface area contributed by atoms with Gasteiger partial charge in [0.2, 0.25) is 0 Å². The largest absolute Gasteiger partial charge is 0.488 e. The second kappa shape index (κ2) is 6.29. The molecule has 0 fully saturated rings. The zero-order valence-corrected chi connectivity index (χ0v) is 11.9. The lowest BCUT2D eigenvalue weighted by atomic mass is 10.1. The Kier molecular flexibility index (Phi) is 4.70. The Labute approximate surface area is 122 Å². The molecule has 0 saturated carbocycles. The Balaban J connectivity index is 2.18. The summed E-state index contributed by atoms with van der Waals surface area (Å²) in [4.78, 5) is 0. The average Bonchev–Trinajstić information content (AvgIpc) is 2.38. The molecule has 1 atom stereocenters. The summed E-state index contributed by atoms with van der Waals surface area (Å²) in [5.41, 5.74) is 1.57. The Hall–Kier alpha value is -1.22. The lowest BCUT2D eigenvalue weighted by Crippen LogP contribution is -2.01. The minimum Gasteiger partial charge on any atom is -0.488 e. The summed E-state index contributed by atoms with van der Waals surface area (Å²) in [6.45, 7) is 2.02. The van der Waals surface area contributed by atoms with Gasteiger partial charge in [0.05, 0.1) is 6.10 Å². The maximum atomic E-state index is 9.72. The molecule has 19 heavy (non-hydrogen) atoms. The standard InChI is InChI=1S/C15H14Cl2O2/c1-10(18)13-8-12(16)6-7-15(13)19-9-11-4-2-3-5-14(11)17/h2-8,10,18H,9H2,1H3. The molecule has 0 radical (unpaired) electrons. The van der Waals surface area contributed by atoms with Crippen molar-refractivity contribution >= 4 is 23.2 Å². The van der Waals surface area contributed by atoms with E-state index in [1.807, 2.05) is 24.3 Å². The van der Waals surface area contributed by atoms with Crippen LogP contribution in [0.15, 0.2) is 42.5 Å². The monoisotopic (exact) mass is 296 g/mol. The highest BCUT2D eigenvalue weighted by Gasteiger charge is 2.10. The predicted molar refractivity (Wildman–Crippen MR) is 77.9 cm³/mol. The fourth-order valence-electron chi connectivity index (χ4n) is 1.75. The van der Waals surface area contributed by atoms with Gasteiger partial charge in [-0.15, -0.1) is 0 Å². The topological polar surface area (TPSA) is 29.5 Å². The van der Waals surface area contributed by atoms with E-state index >= 15 is 0 Å². The van der Waals surface area contributed by atoms with Gasteiger partial charge in [-0.05, 0) is 31.2 Å². The fraction of sp³-hybridized carbons (Fsp3) is 0.200. The molecule has 0 aromatic heterocycles. The molecule has 0 aliphatic carbocycles. The zero-order valence-electron chi connectivity index (χ0n) is 10.4. The number of benzene rings is 2. The minimum absolute atomic E-state index is 0.348. The van der Waals surface area contributed by atoms with Crippen molar-refractivity contribution in [2.75, 3.05) is 0 Å². The van der Waals surface area contributed by atoms with Gasteiger partial charge in [0, 0.05) is 21.2 Å². The molecule has 2 aromatic rings. The summed E-state index contributed by atoms with van der Waals surface area (Å²) in [5.74, 6) is 0.610. The molecule has 2 nitrogen and oxygen atoms in total. The van der Waals surface area contributed by atoms with E-state index in [2.05, 4.69) is 0 Å². The molecule has 0 aliphatic heterocycles. The second-order valence-corrected chi connectivity index (χ2v) is 5.08. The number of rotatable bonds is 4. The van der Waals surface area contributed by atoms with Crippen molar-refractivity contribution in [3.8, 4) is 5.75 Å². The van der Waals surface area contributed by atoms with Gasteiger partial charge in [0.1, 0.15) is 12.4 Å². The highest BCUT2D eigenvalue weighted by atomic mass is 35.5. The summed E-state index contributed by atoms with van der Waals surface area (Å²) < 4.78 is 5.72. The highest BCUT2D eigenvalue weighted by Crippen LogP contribution is 2.29. The van der Waals surface area contributed by atoms with Gasteiger partial charge in [-0.3, -0.25) is 0 Å². The van der Waals surface area contributed by atoms with E-state index < -0.39 is 6.10 Å². The number of aliphatic hydroxyl groups excluding tert-OH is 1. The summed E-state index contributed by atoms with van der Waals surface area (Å²) in [5, 5.41) is 10.9. The second-order valence-electron chi connectivity index (χ2n) is 4.24. The molecule has 0 aliphatic rings. The SMILES string of the molecule is CC(O)c1cc(Cl)ccc1OCc1ccccc1Cl. The van der Waals surface area contributed by atoms with Gasteiger partial charge < -0.3 is 9.84 Å². The van der Waals surface area contributed by atoms with Crippen LogP contribution >= 0.6 is 23.2 Å². The Morgan fingerprint density at radius 3 is 2.58 bits per heavy atom. The van der Waals surface area contributed by atoms with E-state index in [0.29, 0.717) is 28.0 Å². The molecule has 0 heterocycles. The van der Waals surface area contributed by atoms with Crippen LogP contribution in [-0.4, -0.2) is 5.11 Å². The molecule has 4 heteroatoms. The molecule has 2 rings (SSSR count). The molecule has 0 amide bonds. The van der Waals surface area contributed by atoms with Crippen molar-refractivity contribution in [1.29, 1.82) is 0 Å². The predicted octanol–water partition coefficient (Wildman–Crippen LogP) is 4.63. The van der Waals surface area contributed by atoms with Crippen LogP contribution in [-0.2, 0) is 6.61 Å². The van der Waals surface area contributed by atoms with Crippen LogP contribution in [0.25, 0.3) is 0 Å². The maximum Gasteiger partial charge on any atom is 0.125 e. The molecule has 1 unspecified atom stereocenters. The smallest absolute Gasteiger partial charge is 0.125 e. The summed E-state index contributed by atoms with van der Waals surface area (Å²) in [6.07, 6.45) is -0.639. The quantitative estimate of drug-likeness (QED) is 0.891. The van der Waals surface area contributed by atoms with E-state index in [9.17, 15) is 5.11 Å². The number of hydrogen-bond acceptors (Lipinski definition) is 2. The first kappa shape index (κ1) is 14.2. The van der Waals surface area contributed by atoms with E-state index in [1.54, 1.807) is 25.1 Å². The fourth-order valence-corrected chi connectivity index (χ4v) is 2.12. The average molecular weight is 297 g/mol. The zero-order chi connectivity index (χ0) is 13.8. The summed E-state index contributed by atoms with van der Waals surface area (Å²) >= 11 is 12.0. The van der Waals surface area contributed by atoms with Crippen LogP contribution in [0, 0.1) is 0 Å². The lowest BCUT2D eigenvalue weighted by molar-refractivity contribution is 0.190. The molecule has 0 spiro atoms. The molecular weight excluding hydrogens is 283 g/mol. The van der Waals surface area contributed by atoms with Gasteiger partial charge in [0.25, 0.3) is 0 Å². The molecule has 100 valence electrons. The van der Waals surface area contributed by atoms with Gasteiger partial charge in [0.15, 0.2) is 0 Å². The van der Waals surface area contributed by atoms with Crippen LogP contribution in [0.5, 0.6) is 5.75 Å². The van der Waals surface area contributed by atoms with Gasteiger partial charge >= 0.3 is 0 Å². The number of hydrogen-bond donors (Lipinski definition) is 1. The molecule has 0 saturated heterocycles. The summed E-state index contributed by atoms with van der Waals surface area (Å²) in [6, 6.07) is 12.7. The molecule has 2 aromatic carbocycles.